The van der Waals surface area contributed by atoms with Gasteiger partial charge in [0.15, 0.2) is 0 Å². The van der Waals surface area contributed by atoms with Crippen LogP contribution >= 0.6 is 0 Å². The van der Waals surface area contributed by atoms with Crippen LogP contribution in [-0.4, -0.2) is 0 Å². The molecule has 0 aliphatic heterocycles. The van der Waals surface area contributed by atoms with E-state index in [-0.39, 0.29) is 33.5 Å². The average Bonchev–Trinajstić information content (AvgIpc) is 4.01. The van der Waals surface area contributed by atoms with Crippen LogP contribution in [0.3, 0.4) is 0 Å². The van der Waals surface area contributed by atoms with Gasteiger partial charge in [-0.2, -0.15) is 0 Å². The number of fused-ring (bicyclic) bond motifs is 6. The lowest BCUT2D eigenvalue weighted by molar-refractivity contribution is 0.588. The van der Waals surface area contributed by atoms with Gasteiger partial charge >= 0.3 is 0 Å². The number of hydrogen-bond acceptors (Lipinski definition) is 0. The van der Waals surface area contributed by atoms with Crippen molar-refractivity contribution in [2.45, 2.75) is 142 Å². The van der Waals surface area contributed by atoms with Crippen molar-refractivity contribution in [3.8, 4) is 22.3 Å². The van der Waals surface area contributed by atoms with Gasteiger partial charge in [-0.05, 0) is 136 Å². The zero-order chi connectivity index (χ0) is 42.5. The highest BCUT2D eigenvalue weighted by Crippen LogP contribution is 2.51. The van der Waals surface area contributed by atoms with Crippen LogP contribution in [-0.2, 0) is 34.5 Å². The van der Waals surface area contributed by atoms with Crippen LogP contribution in [0.2, 0.25) is 0 Å². The molecule has 5 aromatic rings. The summed E-state index contributed by atoms with van der Waals surface area (Å²) in [6, 6.07) is 34.7. The van der Waals surface area contributed by atoms with E-state index < -0.39 is 0 Å². The standard InChI is InChI=1S/C60H66/c1-57(2,3)43-27-25-41-29-49-51(47(41)31-43)33-45(59(7,8)9)35-53(49)55(37-17-13-14-18-37)39-21-23-40(24-22-39)56(38-19-15-16-20-38)54-36-46(60(10,11)12)34-52-48-32-44(58(4,5)6)28-26-42(48)30-50(52)54/h13-17,19,21-28,31-36,55-56H,18,20,29-30H2,1-12H3. The van der Waals surface area contributed by atoms with Crippen molar-refractivity contribution in [2.75, 3.05) is 0 Å². The van der Waals surface area contributed by atoms with Crippen LogP contribution in [0.5, 0.6) is 0 Å². The summed E-state index contributed by atoms with van der Waals surface area (Å²) in [7, 11) is 0. The Balaban J connectivity index is 1.19. The molecule has 0 heterocycles. The van der Waals surface area contributed by atoms with Crippen molar-refractivity contribution in [3.63, 3.8) is 0 Å². The van der Waals surface area contributed by atoms with Crippen molar-refractivity contribution in [1.29, 1.82) is 0 Å². The zero-order valence-electron chi connectivity index (χ0n) is 38.5. The molecule has 0 aromatic heterocycles. The second-order valence-electron chi connectivity index (χ2n) is 22.6. The molecule has 4 aliphatic rings. The molecule has 60 heavy (non-hydrogen) atoms. The lowest BCUT2D eigenvalue weighted by Crippen LogP contribution is -2.15. The summed E-state index contributed by atoms with van der Waals surface area (Å²) in [5.41, 5.74) is 26.3. The van der Waals surface area contributed by atoms with Crippen LogP contribution in [0.25, 0.3) is 22.3 Å². The topological polar surface area (TPSA) is 0 Å². The first-order valence-corrected chi connectivity index (χ1v) is 22.7. The molecular weight excluding hydrogens is 721 g/mol. The molecule has 0 saturated heterocycles. The summed E-state index contributed by atoms with van der Waals surface area (Å²) >= 11 is 0. The molecule has 0 nitrogen and oxygen atoms in total. The molecule has 0 amide bonds. The maximum absolute atomic E-state index is 2.58. The van der Waals surface area contributed by atoms with E-state index >= 15 is 0 Å². The number of hydrogen-bond donors (Lipinski definition) is 0. The molecule has 5 aromatic carbocycles. The van der Waals surface area contributed by atoms with E-state index in [0.29, 0.717) is 0 Å². The molecule has 0 spiro atoms. The van der Waals surface area contributed by atoms with Gasteiger partial charge in [-0.1, -0.05) is 216 Å². The number of rotatable bonds is 6. The fraction of sp³-hybridized carbons (Fsp3) is 0.367. The van der Waals surface area contributed by atoms with Gasteiger partial charge in [-0.15, -0.1) is 0 Å². The minimum absolute atomic E-state index is 0.0248. The Morgan fingerprint density at radius 2 is 0.733 bits per heavy atom. The molecule has 0 fully saturated rings. The SMILES string of the molecule is CC(C)(C)c1ccc2c(c1)-c1cc(C(C)(C)C)cc(C(C3=CC=CC3)c3ccc(C(C4=CC=CC4)c4cc(C(C)(C)C)cc5c4Cc4ccc(C(C)(C)C)cc4-5)cc3)c1C2. The van der Waals surface area contributed by atoms with E-state index in [4.69, 9.17) is 0 Å². The lowest BCUT2D eigenvalue weighted by Gasteiger charge is -2.29. The van der Waals surface area contributed by atoms with E-state index in [2.05, 4.69) is 204 Å². The van der Waals surface area contributed by atoms with Gasteiger partial charge in [0, 0.05) is 11.8 Å². The molecule has 0 bridgehead atoms. The van der Waals surface area contributed by atoms with Crippen LogP contribution in [0.1, 0.15) is 175 Å². The highest BCUT2D eigenvalue weighted by molar-refractivity contribution is 5.82. The second-order valence-corrected chi connectivity index (χ2v) is 22.6. The van der Waals surface area contributed by atoms with Crippen molar-refractivity contribution in [3.05, 3.63) is 199 Å². The first-order valence-electron chi connectivity index (χ1n) is 22.7. The van der Waals surface area contributed by atoms with Gasteiger partial charge in [-0.25, -0.2) is 0 Å². The average molecular weight is 787 g/mol. The summed E-state index contributed by atoms with van der Waals surface area (Å²) in [5, 5.41) is 0. The largest absolute Gasteiger partial charge is 0.0804 e. The van der Waals surface area contributed by atoms with E-state index in [1.165, 1.54) is 100 Å². The van der Waals surface area contributed by atoms with Crippen molar-refractivity contribution in [1.82, 2.24) is 0 Å². The molecule has 0 heteroatoms. The van der Waals surface area contributed by atoms with Gasteiger partial charge in [0.2, 0.25) is 0 Å². The quantitative estimate of drug-likeness (QED) is 0.157. The summed E-state index contributed by atoms with van der Waals surface area (Å²) in [6.45, 7) is 28.3. The third kappa shape index (κ3) is 7.23. The molecule has 9 rings (SSSR count). The Morgan fingerprint density at radius 1 is 0.383 bits per heavy atom. The predicted molar refractivity (Wildman–Crippen MR) is 258 cm³/mol. The summed E-state index contributed by atoms with van der Waals surface area (Å²) in [5.74, 6) is 0.375. The minimum atomic E-state index is 0.0248. The van der Waals surface area contributed by atoms with E-state index in [9.17, 15) is 0 Å². The zero-order valence-corrected chi connectivity index (χ0v) is 38.5. The highest BCUT2D eigenvalue weighted by Gasteiger charge is 2.34. The van der Waals surface area contributed by atoms with Crippen LogP contribution < -0.4 is 0 Å². The number of allylic oxidation sites excluding steroid dienone is 8. The fourth-order valence-corrected chi connectivity index (χ4v) is 10.3. The van der Waals surface area contributed by atoms with Crippen molar-refractivity contribution < 1.29 is 0 Å². The molecule has 0 N–H and O–H groups in total. The Labute approximate surface area is 362 Å². The Bertz CT molecular complexity index is 2470. The second kappa shape index (κ2) is 14.3. The Hall–Kier alpha value is -4.94. The monoisotopic (exact) mass is 787 g/mol. The van der Waals surface area contributed by atoms with Crippen LogP contribution in [0.15, 0.2) is 133 Å². The van der Waals surface area contributed by atoms with E-state index in [0.717, 1.165) is 25.7 Å². The van der Waals surface area contributed by atoms with Gasteiger partial charge in [0.25, 0.3) is 0 Å². The Kier molecular flexibility index (Phi) is 9.66. The summed E-state index contributed by atoms with van der Waals surface area (Å²) in [6.07, 6.45) is 18.0. The van der Waals surface area contributed by atoms with Gasteiger partial charge in [-0.3, -0.25) is 0 Å². The third-order valence-corrected chi connectivity index (χ3v) is 14.1. The lowest BCUT2D eigenvalue weighted by atomic mass is 9.75. The maximum atomic E-state index is 2.58. The minimum Gasteiger partial charge on any atom is -0.0804 e. The summed E-state index contributed by atoms with van der Waals surface area (Å²) in [4.78, 5) is 0. The molecule has 0 radical (unpaired) electrons. The normalized spacial score (nSPS) is 16.7. The van der Waals surface area contributed by atoms with Crippen molar-refractivity contribution >= 4 is 0 Å². The molecule has 2 atom stereocenters. The predicted octanol–water partition coefficient (Wildman–Crippen LogP) is 16.1. The van der Waals surface area contributed by atoms with E-state index in [1.807, 2.05) is 0 Å². The molecule has 2 unspecified atom stereocenters. The van der Waals surface area contributed by atoms with Gasteiger partial charge in [0.1, 0.15) is 0 Å². The maximum Gasteiger partial charge on any atom is 0.0308 e. The molecule has 0 saturated carbocycles. The highest BCUT2D eigenvalue weighted by atomic mass is 14.4. The molecule has 306 valence electrons. The summed E-state index contributed by atoms with van der Waals surface area (Å²) < 4.78 is 0. The molecular formula is C60H66. The smallest absolute Gasteiger partial charge is 0.0308 e. The van der Waals surface area contributed by atoms with Gasteiger partial charge in [0.05, 0.1) is 0 Å². The molecule has 4 aliphatic carbocycles. The van der Waals surface area contributed by atoms with E-state index in [1.54, 1.807) is 0 Å². The first-order chi connectivity index (χ1) is 28.3. The Morgan fingerprint density at radius 3 is 1.05 bits per heavy atom. The third-order valence-electron chi connectivity index (χ3n) is 14.1. The fourth-order valence-electron chi connectivity index (χ4n) is 10.3. The van der Waals surface area contributed by atoms with Crippen LogP contribution in [0.4, 0.5) is 0 Å². The van der Waals surface area contributed by atoms with Crippen LogP contribution in [0, 0.1) is 0 Å². The van der Waals surface area contributed by atoms with Gasteiger partial charge < -0.3 is 0 Å². The van der Waals surface area contributed by atoms with Crippen molar-refractivity contribution in [2.24, 2.45) is 0 Å². The number of benzene rings is 5. The first kappa shape index (κ1) is 40.5.